The van der Waals surface area contributed by atoms with E-state index in [0.717, 1.165) is 55.4 Å². The molecular formula is C14H18N4O. The monoisotopic (exact) mass is 258 g/mol. The van der Waals surface area contributed by atoms with Crippen LogP contribution in [-0.4, -0.2) is 26.6 Å². The molecule has 0 amide bonds. The summed E-state index contributed by atoms with van der Waals surface area (Å²) in [4.78, 5) is 11.3. The third-order valence-corrected chi connectivity index (χ3v) is 3.45. The molecular weight excluding hydrogens is 240 g/mol. The summed E-state index contributed by atoms with van der Waals surface area (Å²) in [6.45, 7) is 6.71. The molecule has 0 bridgehead atoms. The second-order valence-electron chi connectivity index (χ2n) is 5.01. The van der Waals surface area contributed by atoms with Crippen LogP contribution in [0.25, 0.3) is 0 Å². The molecule has 0 aliphatic carbocycles. The molecule has 3 heterocycles. The van der Waals surface area contributed by atoms with Crippen LogP contribution in [0.1, 0.15) is 35.5 Å². The van der Waals surface area contributed by atoms with E-state index >= 15 is 0 Å². The van der Waals surface area contributed by atoms with Crippen LogP contribution in [0.2, 0.25) is 0 Å². The second kappa shape index (κ2) is 5.09. The highest BCUT2D eigenvalue weighted by molar-refractivity contribution is 5.21. The first-order chi connectivity index (χ1) is 9.24. The minimum absolute atomic E-state index is 0.797. The minimum atomic E-state index is 0.797. The topological polar surface area (TPSA) is 55.1 Å². The van der Waals surface area contributed by atoms with Gasteiger partial charge in [-0.2, -0.15) is 0 Å². The number of fused-ring (bicyclic) bond motifs is 1. The van der Waals surface area contributed by atoms with Crippen LogP contribution in [0.4, 0.5) is 0 Å². The summed E-state index contributed by atoms with van der Waals surface area (Å²) in [7, 11) is 0. The Kier molecular flexibility index (Phi) is 3.29. The molecule has 0 saturated carbocycles. The molecule has 0 saturated heterocycles. The van der Waals surface area contributed by atoms with Crippen molar-refractivity contribution in [2.24, 2.45) is 0 Å². The van der Waals surface area contributed by atoms with Crippen molar-refractivity contribution in [3.8, 4) is 0 Å². The fourth-order valence-electron chi connectivity index (χ4n) is 2.42. The molecule has 0 N–H and O–H groups in total. The summed E-state index contributed by atoms with van der Waals surface area (Å²) in [5, 5.41) is 3.93. The average molecular weight is 258 g/mol. The van der Waals surface area contributed by atoms with Gasteiger partial charge in [0.2, 0.25) is 0 Å². The van der Waals surface area contributed by atoms with Crippen LogP contribution < -0.4 is 0 Å². The molecule has 0 unspecified atom stereocenters. The van der Waals surface area contributed by atoms with E-state index in [4.69, 9.17) is 4.52 Å². The van der Waals surface area contributed by atoms with E-state index in [0.29, 0.717) is 0 Å². The summed E-state index contributed by atoms with van der Waals surface area (Å²) < 4.78 is 5.28. The first-order valence-electron chi connectivity index (χ1n) is 6.73. The Morgan fingerprint density at radius 1 is 1.42 bits per heavy atom. The molecule has 19 heavy (non-hydrogen) atoms. The molecule has 0 atom stereocenters. The van der Waals surface area contributed by atoms with Crippen LogP contribution in [0.5, 0.6) is 0 Å². The zero-order valence-corrected chi connectivity index (χ0v) is 11.4. The minimum Gasteiger partial charge on any atom is -0.360 e. The zero-order valence-electron chi connectivity index (χ0n) is 11.4. The van der Waals surface area contributed by atoms with E-state index in [2.05, 4.69) is 26.9 Å². The largest absolute Gasteiger partial charge is 0.360 e. The Labute approximate surface area is 112 Å². The molecule has 0 fully saturated rings. The van der Waals surface area contributed by atoms with Crippen LogP contribution in [0.15, 0.2) is 16.8 Å². The fourth-order valence-corrected chi connectivity index (χ4v) is 2.42. The van der Waals surface area contributed by atoms with E-state index in [1.807, 2.05) is 19.2 Å². The van der Waals surface area contributed by atoms with Gasteiger partial charge < -0.3 is 4.52 Å². The van der Waals surface area contributed by atoms with Gasteiger partial charge in [0.15, 0.2) is 5.76 Å². The number of hydrogen-bond donors (Lipinski definition) is 0. The molecule has 2 aromatic rings. The summed E-state index contributed by atoms with van der Waals surface area (Å²) in [6, 6.07) is 1.99. The van der Waals surface area contributed by atoms with Crippen molar-refractivity contribution in [3.63, 3.8) is 0 Å². The third kappa shape index (κ3) is 2.66. The molecule has 0 aromatic carbocycles. The smallest absolute Gasteiger partial charge is 0.150 e. The van der Waals surface area contributed by atoms with E-state index in [1.54, 1.807) is 0 Å². The number of aryl methyl sites for hydroxylation is 2. The van der Waals surface area contributed by atoms with Gasteiger partial charge >= 0.3 is 0 Å². The van der Waals surface area contributed by atoms with E-state index in [1.165, 1.54) is 5.56 Å². The quantitative estimate of drug-likeness (QED) is 0.841. The Morgan fingerprint density at radius 3 is 3.05 bits per heavy atom. The first-order valence-corrected chi connectivity index (χ1v) is 6.73. The predicted octanol–water partition coefficient (Wildman–Crippen LogP) is 1.89. The molecule has 3 rings (SSSR count). The Morgan fingerprint density at radius 2 is 2.32 bits per heavy atom. The highest BCUT2D eigenvalue weighted by Gasteiger charge is 2.19. The second-order valence-corrected chi connectivity index (χ2v) is 5.01. The van der Waals surface area contributed by atoms with Crippen LogP contribution in [-0.2, 0) is 25.9 Å². The highest BCUT2D eigenvalue weighted by Crippen LogP contribution is 2.18. The number of rotatable bonds is 3. The van der Waals surface area contributed by atoms with E-state index in [9.17, 15) is 0 Å². The van der Waals surface area contributed by atoms with Gasteiger partial charge in [-0.1, -0.05) is 12.1 Å². The standard InChI is InChI=1S/C14H18N4O/c1-3-14-15-7-11-4-5-18(9-13(11)16-14)8-12-6-10(2)17-19-12/h6-7H,3-5,8-9H2,1-2H3. The van der Waals surface area contributed by atoms with Gasteiger partial charge in [-0.15, -0.1) is 0 Å². The van der Waals surface area contributed by atoms with Crippen LogP contribution >= 0.6 is 0 Å². The molecule has 100 valence electrons. The van der Waals surface area contributed by atoms with Gasteiger partial charge in [-0.25, -0.2) is 9.97 Å². The molecule has 0 radical (unpaired) electrons. The first kappa shape index (κ1) is 12.3. The van der Waals surface area contributed by atoms with Crippen molar-refractivity contribution in [1.29, 1.82) is 0 Å². The Balaban J connectivity index is 1.74. The van der Waals surface area contributed by atoms with Crippen molar-refractivity contribution in [1.82, 2.24) is 20.0 Å². The maximum atomic E-state index is 5.28. The normalized spacial score (nSPS) is 15.5. The molecule has 0 spiro atoms. The summed E-state index contributed by atoms with van der Waals surface area (Å²) >= 11 is 0. The van der Waals surface area contributed by atoms with Gasteiger partial charge in [0.1, 0.15) is 5.82 Å². The summed E-state index contributed by atoms with van der Waals surface area (Å²) in [5.41, 5.74) is 3.37. The van der Waals surface area contributed by atoms with Crippen LogP contribution in [0.3, 0.4) is 0 Å². The van der Waals surface area contributed by atoms with Gasteiger partial charge in [0, 0.05) is 31.8 Å². The maximum absolute atomic E-state index is 5.28. The lowest BCUT2D eigenvalue weighted by atomic mass is 10.1. The lowest BCUT2D eigenvalue weighted by Crippen LogP contribution is -2.31. The Bertz CT molecular complexity index is 579. The zero-order chi connectivity index (χ0) is 13.2. The number of nitrogens with zero attached hydrogens (tertiary/aromatic N) is 4. The number of hydrogen-bond acceptors (Lipinski definition) is 5. The number of aromatic nitrogens is 3. The van der Waals surface area contributed by atoms with Gasteiger partial charge in [-0.05, 0) is 18.9 Å². The molecule has 1 aliphatic heterocycles. The van der Waals surface area contributed by atoms with Crippen molar-refractivity contribution >= 4 is 0 Å². The summed E-state index contributed by atoms with van der Waals surface area (Å²) in [6.07, 6.45) is 3.87. The summed E-state index contributed by atoms with van der Waals surface area (Å²) in [5.74, 6) is 1.85. The fraction of sp³-hybridized carbons (Fsp3) is 0.500. The maximum Gasteiger partial charge on any atom is 0.150 e. The van der Waals surface area contributed by atoms with Gasteiger partial charge in [0.25, 0.3) is 0 Å². The third-order valence-electron chi connectivity index (χ3n) is 3.45. The molecule has 5 nitrogen and oxygen atoms in total. The van der Waals surface area contributed by atoms with Gasteiger partial charge in [0.05, 0.1) is 17.9 Å². The lowest BCUT2D eigenvalue weighted by molar-refractivity contribution is 0.211. The van der Waals surface area contributed by atoms with Crippen LogP contribution in [0, 0.1) is 6.92 Å². The van der Waals surface area contributed by atoms with Crippen molar-refractivity contribution in [3.05, 3.63) is 40.8 Å². The molecule has 1 aliphatic rings. The highest BCUT2D eigenvalue weighted by atomic mass is 16.5. The predicted molar refractivity (Wildman–Crippen MR) is 70.5 cm³/mol. The van der Waals surface area contributed by atoms with Crippen molar-refractivity contribution in [2.75, 3.05) is 6.54 Å². The van der Waals surface area contributed by atoms with Crippen molar-refractivity contribution < 1.29 is 4.52 Å². The van der Waals surface area contributed by atoms with E-state index in [-0.39, 0.29) is 0 Å². The SMILES string of the molecule is CCc1ncc2c(n1)CN(Cc1cc(C)no1)CC2. The van der Waals surface area contributed by atoms with Gasteiger partial charge in [-0.3, -0.25) is 4.90 Å². The average Bonchev–Trinajstić information content (AvgIpc) is 2.83. The molecule has 5 heteroatoms. The van der Waals surface area contributed by atoms with Crippen molar-refractivity contribution in [2.45, 2.75) is 39.8 Å². The Hall–Kier alpha value is -1.75. The lowest BCUT2D eigenvalue weighted by Gasteiger charge is -2.26. The molecule has 2 aromatic heterocycles. The van der Waals surface area contributed by atoms with E-state index < -0.39 is 0 Å².